The molecule has 1 unspecified atom stereocenters. The molecule has 0 spiro atoms. The van der Waals surface area contributed by atoms with Gasteiger partial charge in [0.05, 0.1) is 6.54 Å². The molecule has 0 saturated carbocycles. The van der Waals surface area contributed by atoms with Gasteiger partial charge in [-0.3, -0.25) is 4.79 Å². The summed E-state index contributed by atoms with van der Waals surface area (Å²) in [5, 5.41) is 6.00. The lowest BCUT2D eigenvalue weighted by molar-refractivity contribution is -0.120. The highest BCUT2D eigenvalue weighted by molar-refractivity contribution is 5.78. The summed E-state index contributed by atoms with van der Waals surface area (Å²) in [6.07, 6.45) is 4.04. The number of carbonyl (C=O) groups excluding carboxylic acids is 1. The number of likely N-dealkylation sites (N-methyl/N-ethyl adjacent to an activating group) is 1. The fraction of sp³-hybridized carbons (Fsp3) is 0.786. The molecule has 0 rings (SSSR count). The predicted octanol–water partition coefficient (Wildman–Crippen LogP) is 1.24. The van der Waals surface area contributed by atoms with Crippen molar-refractivity contribution < 1.29 is 4.79 Å². The fourth-order valence-electron chi connectivity index (χ4n) is 2.17. The van der Waals surface area contributed by atoms with Crippen LogP contribution in [0.4, 0.5) is 0 Å². The molecule has 4 nitrogen and oxygen atoms in total. The maximum Gasteiger partial charge on any atom is 0.234 e. The van der Waals surface area contributed by atoms with E-state index >= 15 is 0 Å². The Bertz CT molecular complexity index is 237. The van der Waals surface area contributed by atoms with Crippen LogP contribution in [0.25, 0.3) is 0 Å². The molecule has 0 heterocycles. The summed E-state index contributed by atoms with van der Waals surface area (Å²) < 4.78 is 0. The summed E-state index contributed by atoms with van der Waals surface area (Å²) in [6.45, 7) is 9.75. The summed E-state index contributed by atoms with van der Waals surface area (Å²) in [4.78, 5) is 13.8. The molecule has 18 heavy (non-hydrogen) atoms. The highest BCUT2D eigenvalue weighted by Gasteiger charge is 2.20. The van der Waals surface area contributed by atoms with Crippen LogP contribution < -0.4 is 10.6 Å². The van der Waals surface area contributed by atoms with Crippen LogP contribution in [0.5, 0.6) is 0 Å². The molecule has 0 fully saturated rings. The molecule has 1 amide bonds. The van der Waals surface area contributed by atoms with E-state index in [9.17, 15) is 4.79 Å². The average Bonchev–Trinajstić information content (AvgIpc) is 2.34. The standard InChI is InChI=1S/C14H29N3O/c1-6-9-15-11-14(18)16-10-13(17(4)5)12(7-2)8-3/h6,12-13,15H,1,7-11H2,2-5H3,(H,16,18). The normalized spacial score (nSPS) is 12.8. The van der Waals surface area contributed by atoms with Crippen LogP contribution in [0.3, 0.4) is 0 Å². The van der Waals surface area contributed by atoms with Crippen LogP contribution in [0.15, 0.2) is 12.7 Å². The Labute approximate surface area is 112 Å². The first-order chi connectivity index (χ1) is 8.56. The Morgan fingerprint density at radius 1 is 1.33 bits per heavy atom. The molecule has 106 valence electrons. The van der Waals surface area contributed by atoms with Crippen LogP contribution in [0, 0.1) is 5.92 Å². The number of nitrogens with zero attached hydrogens (tertiary/aromatic N) is 1. The Balaban J connectivity index is 4.10. The molecule has 0 aliphatic carbocycles. The van der Waals surface area contributed by atoms with Gasteiger partial charge in [0, 0.05) is 19.1 Å². The van der Waals surface area contributed by atoms with Gasteiger partial charge in [-0.1, -0.05) is 32.8 Å². The molecule has 0 aromatic rings. The number of hydrogen-bond donors (Lipinski definition) is 2. The number of carbonyl (C=O) groups is 1. The van der Waals surface area contributed by atoms with Gasteiger partial charge >= 0.3 is 0 Å². The molecule has 2 N–H and O–H groups in total. The molecule has 0 aromatic carbocycles. The van der Waals surface area contributed by atoms with E-state index in [4.69, 9.17) is 0 Å². The van der Waals surface area contributed by atoms with E-state index in [1.807, 2.05) is 0 Å². The molecule has 0 radical (unpaired) electrons. The minimum absolute atomic E-state index is 0.0506. The van der Waals surface area contributed by atoms with Gasteiger partial charge in [-0.05, 0) is 20.0 Å². The largest absolute Gasteiger partial charge is 0.353 e. The summed E-state index contributed by atoms with van der Waals surface area (Å²) in [5.74, 6) is 0.677. The summed E-state index contributed by atoms with van der Waals surface area (Å²) in [5.41, 5.74) is 0. The number of rotatable bonds is 10. The predicted molar refractivity (Wildman–Crippen MR) is 77.6 cm³/mol. The summed E-state index contributed by atoms with van der Waals surface area (Å²) in [6, 6.07) is 0.406. The average molecular weight is 255 g/mol. The van der Waals surface area contributed by atoms with Crippen molar-refractivity contribution in [1.82, 2.24) is 15.5 Å². The number of nitrogens with one attached hydrogen (secondary N) is 2. The van der Waals surface area contributed by atoms with Crippen LogP contribution in [0.1, 0.15) is 26.7 Å². The second kappa shape index (κ2) is 10.1. The van der Waals surface area contributed by atoms with Crippen molar-refractivity contribution in [3.05, 3.63) is 12.7 Å². The van der Waals surface area contributed by atoms with Crippen LogP contribution in [-0.4, -0.2) is 50.6 Å². The van der Waals surface area contributed by atoms with Crippen molar-refractivity contribution in [2.45, 2.75) is 32.7 Å². The lowest BCUT2D eigenvalue weighted by atomic mass is 9.93. The third-order valence-corrected chi connectivity index (χ3v) is 3.34. The van der Waals surface area contributed by atoms with Gasteiger partial charge in [0.1, 0.15) is 0 Å². The van der Waals surface area contributed by atoms with Gasteiger partial charge in [0.25, 0.3) is 0 Å². The van der Waals surface area contributed by atoms with Crippen molar-refractivity contribution in [3.8, 4) is 0 Å². The molecular formula is C14H29N3O. The van der Waals surface area contributed by atoms with E-state index in [2.05, 4.69) is 50.1 Å². The maximum absolute atomic E-state index is 11.6. The van der Waals surface area contributed by atoms with E-state index in [-0.39, 0.29) is 5.91 Å². The lowest BCUT2D eigenvalue weighted by Gasteiger charge is -2.31. The van der Waals surface area contributed by atoms with Crippen molar-refractivity contribution in [2.75, 3.05) is 33.7 Å². The number of amides is 1. The summed E-state index contributed by atoms with van der Waals surface area (Å²) >= 11 is 0. The quantitative estimate of drug-likeness (QED) is 0.456. The topological polar surface area (TPSA) is 44.4 Å². The highest BCUT2D eigenvalue weighted by atomic mass is 16.1. The third kappa shape index (κ3) is 6.77. The molecule has 1 atom stereocenters. The van der Waals surface area contributed by atoms with Crippen molar-refractivity contribution in [2.24, 2.45) is 5.92 Å². The van der Waals surface area contributed by atoms with Crippen molar-refractivity contribution >= 4 is 5.91 Å². The molecular weight excluding hydrogens is 226 g/mol. The minimum Gasteiger partial charge on any atom is -0.353 e. The van der Waals surface area contributed by atoms with Gasteiger partial charge in [-0.2, -0.15) is 0 Å². The Morgan fingerprint density at radius 2 is 1.94 bits per heavy atom. The van der Waals surface area contributed by atoms with Gasteiger partial charge < -0.3 is 15.5 Å². The molecule has 0 aliphatic heterocycles. The lowest BCUT2D eigenvalue weighted by Crippen LogP contribution is -2.46. The molecule has 4 heteroatoms. The second-order valence-corrected chi connectivity index (χ2v) is 4.83. The Hall–Kier alpha value is -0.870. The first-order valence-corrected chi connectivity index (χ1v) is 6.81. The second-order valence-electron chi connectivity index (χ2n) is 4.83. The third-order valence-electron chi connectivity index (χ3n) is 3.34. The molecule has 0 aliphatic rings. The zero-order valence-electron chi connectivity index (χ0n) is 12.3. The van der Waals surface area contributed by atoms with Crippen LogP contribution in [0.2, 0.25) is 0 Å². The smallest absolute Gasteiger partial charge is 0.234 e. The fourth-order valence-corrected chi connectivity index (χ4v) is 2.17. The SMILES string of the molecule is C=CCNCC(=O)NCC(C(CC)CC)N(C)C. The van der Waals surface area contributed by atoms with E-state index in [1.165, 1.54) is 0 Å². The van der Waals surface area contributed by atoms with Crippen molar-refractivity contribution in [1.29, 1.82) is 0 Å². The Morgan fingerprint density at radius 3 is 2.39 bits per heavy atom. The molecule has 0 aromatic heterocycles. The molecule has 0 saturated heterocycles. The van der Waals surface area contributed by atoms with E-state index < -0.39 is 0 Å². The van der Waals surface area contributed by atoms with Gasteiger partial charge in [0.15, 0.2) is 0 Å². The first-order valence-electron chi connectivity index (χ1n) is 6.81. The first kappa shape index (κ1) is 17.1. The van der Waals surface area contributed by atoms with Gasteiger partial charge in [-0.15, -0.1) is 6.58 Å². The zero-order valence-corrected chi connectivity index (χ0v) is 12.3. The minimum atomic E-state index is 0.0506. The highest BCUT2D eigenvalue weighted by Crippen LogP contribution is 2.16. The van der Waals surface area contributed by atoms with Crippen molar-refractivity contribution in [3.63, 3.8) is 0 Å². The van der Waals surface area contributed by atoms with E-state index in [0.29, 0.717) is 31.6 Å². The van der Waals surface area contributed by atoms with Gasteiger partial charge in [0.2, 0.25) is 5.91 Å². The van der Waals surface area contributed by atoms with E-state index in [0.717, 1.165) is 12.8 Å². The maximum atomic E-state index is 11.6. The van der Waals surface area contributed by atoms with E-state index in [1.54, 1.807) is 6.08 Å². The monoisotopic (exact) mass is 255 g/mol. The van der Waals surface area contributed by atoms with Crippen LogP contribution in [-0.2, 0) is 4.79 Å². The van der Waals surface area contributed by atoms with Gasteiger partial charge in [-0.25, -0.2) is 0 Å². The molecule has 0 bridgehead atoms. The zero-order chi connectivity index (χ0) is 14.0. The number of hydrogen-bond acceptors (Lipinski definition) is 3. The Kier molecular flexibility index (Phi) is 9.60. The van der Waals surface area contributed by atoms with Crippen LogP contribution >= 0.6 is 0 Å². The summed E-state index contributed by atoms with van der Waals surface area (Å²) in [7, 11) is 4.15.